The summed E-state index contributed by atoms with van der Waals surface area (Å²) in [6.07, 6.45) is 2.22. The zero-order valence-electron chi connectivity index (χ0n) is 12.7. The van der Waals surface area contributed by atoms with Crippen molar-refractivity contribution in [2.45, 2.75) is 46.6 Å². The highest BCUT2D eigenvalue weighted by atomic mass is 16.6. The van der Waals surface area contributed by atoms with Gasteiger partial charge in [0.05, 0.1) is 11.5 Å². The minimum Gasteiger partial charge on any atom is -0.487 e. The van der Waals surface area contributed by atoms with Crippen molar-refractivity contribution in [2.24, 2.45) is 5.92 Å². The molecule has 5 heteroatoms. The highest BCUT2D eigenvalue weighted by Crippen LogP contribution is 2.30. The molecule has 0 aliphatic heterocycles. The molecule has 0 fully saturated rings. The highest BCUT2D eigenvalue weighted by molar-refractivity contribution is 5.58. The molecule has 5 nitrogen and oxygen atoms in total. The van der Waals surface area contributed by atoms with Crippen LogP contribution in [0.2, 0.25) is 0 Å². The molecule has 2 atom stereocenters. The Morgan fingerprint density at radius 2 is 2.05 bits per heavy atom. The lowest BCUT2D eigenvalue weighted by Gasteiger charge is -2.19. The van der Waals surface area contributed by atoms with Gasteiger partial charge in [0.1, 0.15) is 0 Å². The van der Waals surface area contributed by atoms with Gasteiger partial charge in [-0.1, -0.05) is 20.3 Å². The van der Waals surface area contributed by atoms with E-state index >= 15 is 0 Å². The third-order valence-electron chi connectivity index (χ3n) is 3.32. The van der Waals surface area contributed by atoms with Crippen molar-refractivity contribution in [3.63, 3.8) is 0 Å². The predicted molar refractivity (Wildman–Crippen MR) is 81.4 cm³/mol. The fraction of sp³-hybridized carbons (Fsp3) is 0.600. The molecule has 0 saturated heterocycles. The zero-order valence-corrected chi connectivity index (χ0v) is 12.7. The third-order valence-corrected chi connectivity index (χ3v) is 3.32. The van der Waals surface area contributed by atoms with Crippen LogP contribution in [0.1, 0.15) is 40.5 Å². The SMILES string of the molecule is CCOc1cc(NC(C)CC(C)CC)ccc1[N+](=O)[O-]. The van der Waals surface area contributed by atoms with Gasteiger partial charge >= 0.3 is 5.69 Å². The second-order valence-electron chi connectivity index (χ2n) is 5.17. The summed E-state index contributed by atoms with van der Waals surface area (Å²) in [5.41, 5.74) is 0.863. The van der Waals surface area contributed by atoms with Crippen molar-refractivity contribution in [1.82, 2.24) is 0 Å². The molecular formula is C15H24N2O3. The minimum absolute atomic E-state index is 0.00646. The van der Waals surface area contributed by atoms with E-state index in [1.807, 2.05) is 6.92 Å². The largest absolute Gasteiger partial charge is 0.487 e. The van der Waals surface area contributed by atoms with Gasteiger partial charge in [-0.2, -0.15) is 0 Å². The molecule has 0 amide bonds. The van der Waals surface area contributed by atoms with Crippen molar-refractivity contribution in [3.8, 4) is 5.75 Å². The Kier molecular flexibility index (Phi) is 6.28. The molecule has 0 bridgehead atoms. The molecule has 0 aliphatic rings. The molecule has 20 heavy (non-hydrogen) atoms. The second-order valence-corrected chi connectivity index (χ2v) is 5.17. The lowest BCUT2D eigenvalue weighted by molar-refractivity contribution is -0.385. The quantitative estimate of drug-likeness (QED) is 0.571. The lowest BCUT2D eigenvalue weighted by Crippen LogP contribution is -2.18. The molecule has 0 spiro atoms. The van der Waals surface area contributed by atoms with Crippen LogP contribution >= 0.6 is 0 Å². The molecule has 2 unspecified atom stereocenters. The number of hydrogen-bond acceptors (Lipinski definition) is 4. The van der Waals surface area contributed by atoms with Gasteiger partial charge in [-0.3, -0.25) is 10.1 Å². The van der Waals surface area contributed by atoms with Gasteiger partial charge < -0.3 is 10.1 Å². The van der Waals surface area contributed by atoms with Crippen LogP contribution in [0.5, 0.6) is 5.75 Å². The van der Waals surface area contributed by atoms with E-state index in [1.54, 1.807) is 12.1 Å². The third kappa shape index (κ3) is 4.72. The summed E-state index contributed by atoms with van der Waals surface area (Å²) in [5.74, 6) is 0.972. The fourth-order valence-electron chi connectivity index (χ4n) is 2.14. The second kappa shape index (κ2) is 7.72. The van der Waals surface area contributed by atoms with Crippen LogP contribution < -0.4 is 10.1 Å². The standard InChI is InChI=1S/C15H24N2O3/c1-5-11(3)9-12(4)16-13-7-8-14(17(18)19)15(10-13)20-6-2/h7-8,10-12,16H,5-6,9H2,1-4H3. The maximum atomic E-state index is 10.9. The van der Waals surface area contributed by atoms with Gasteiger partial charge in [0.25, 0.3) is 0 Å². The Morgan fingerprint density at radius 1 is 1.35 bits per heavy atom. The maximum absolute atomic E-state index is 10.9. The van der Waals surface area contributed by atoms with Crippen molar-refractivity contribution in [1.29, 1.82) is 0 Å². The van der Waals surface area contributed by atoms with Crippen molar-refractivity contribution >= 4 is 11.4 Å². The van der Waals surface area contributed by atoms with E-state index in [9.17, 15) is 10.1 Å². The van der Waals surface area contributed by atoms with Crippen LogP contribution in [0.15, 0.2) is 18.2 Å². The molecule has 1 aromatic rings. The Hall–Kier alpha value is -1.78. The summed E-state index contributed by atoms with van der Waals surface area (Å²) in [4.78, 5) is 10.5. The van der Waals surface area contributed by atoms with Crippen LogP contribution in [0, 0.1) is 16.0 Å². The van der Waals surface area contributed by atoms with E-state index in [-0.39, 0.29) is 5.69 Å². The smallest absolute Gasteiger partial charge is 0.311 e. The van der Waals surface area contributed by atoms with E-state index in [1.165, 1.54) is 6.07 Å². The van der Waals surface area contributed by atoms with Gasteiger partial charge in [0.15, 0.2) is 5.75 Å². The van der Waals surface area contributed by atoms with Crippen LogP contribution in [0.4, 0.5) is 11.4 Å². The summed E-state index contributed by atoms with van der Waals surface area (Å²) in [6, 6.07) is 5.24. The zero-order chi connectivity index (χ0) is 15.1. The van der Waals surface area contributed by atoms with E-state index in [0.717, 1.165) is 18.5 Å². The Labute approximate surface area is 120 Å². The molecule has 0 aromatic heterocycles. The summed E-state index contributed by atoms with van der Waals surface area (Å²) in [7, 11) is 0. The number of ether oxygens (including phenoxy) is 1. The molecule has 1 N–H and O–H groups in total. The number of nitrogens with zero attached hydrogens (tertiary/aromatic N) is 1. The molecule has 0 heterocycles. The van der Waals surface area contributed by atoms with Crippen LogP contribution in [0.25, 0.3) is 0 Å². The number of nitro groups is 1. The van der Waals surface area contributed by atoms with Gasteiger partial charge in [0, 0.05) is 23.9 Å². The summed E-state index contributed by atoms with van der Waals surface area (Å²) >= 11 is 0. The first kappa shape index (κ1) is 16.3. The van der Waals surface area contributed by atoms with Crippen molar-refractivity contribution in [3.05, 3.63) is 28.3 Å². The normalized spacial score (nSPS) is 13.6. The summed E-state index contributed by atoms with van der Waals surface area (Å²) in [6.45, 7) is 8.74. The number of nitrogens with one attached hydrogen (secondary N) is 1. The topological polar surface area (TPSA) is 64.4 Å². The van der Waals surface area contributed by atoms with E-state index in [0.29, 0.717) is 24.3 Å². The molecule has 1 rings (SSSR count). The average Bonchev–Trinajstić information content (AvgIpc) is 2.38. The number of nitro benzene ring substituents is 1. The first-order chi connectivity index (χ1) is 9.47. The number of rotatable bonds is 8. The molecule has 112 valence electrons. The Bertz CT molecular complexity index is 449. The monoisotopic (exact) mass is 280 g/mol. The predicted octanol–water partition coefficient (Wildman–Crippen LogP) is 4.23. The maximum Gasteiger partial charge on any atom is 0.311 e. The van der Waals surface area contributed by atoms with Crippen LogP contribution in [-0.2, 0) is 0 Å². The van der Waals surface area contributed by atoms with Crippen LogP contribution in [-0.4, -0.2) is 17.6 Å². The fourth-order valence-corrected chi connectivity index (χ4v) is 2.14. The van der Waals surface area contributed by atoms with Crippen LogP contribution in [0.3, 0.4) is 0 Å². The van der Waals surface area contributed by atoms with Crippen molar-refractivity contribution in [2.75, 3.05) is 11.9 Å². The average molecular weight is 280 g/mol. The van der Waals surface area contributed by atoms with Gasteiger partial charge in [-0.25, -0.2) is 0 Å². The van der Waals surface area contributed by atoms with Gasteiger partial charge in [-0.05, 0) is 32.3 Å². The minimum atomic E-state index is -0.419. The Balaban J connectivity index is 2.81. The summed E-state index contributed by atoms with van der Waals surface area (Å²) in [5, 5.41) is 14.3. The van der Waals surface area contributed by atoms with Crippen molar-refractivity contribution < 1.29 is 9.66 Å². The Morgan fingerprint density at radius 3 is 2.60 bits per heavy atom. The molecular weight excluding hydrogens is 256 g/mol. The number of benzene rings is 1. The lowest BCUT2D eigenvalue weighted by atomic mass is 10.0. The first-order valence-corrected chi connectivity index (χ1v) is 7.15. The summed E-state index contributed by atoms with van der Waals surface area (Å²) < 4.78 is 5.34. The molecule has 1 aromatic carbocycles. The molecule has 0 aliphatic carbocycles. The highest BCUT2D eigenvalue weighted by Gasteiger charge is 2.16. The number of hydrogen-bond donors (Lipinski definition) is 1. The molecule has 0 radical (unpaired) electrons. The molecule has 0 saturated carbocycles. The first-order valence-electron chi connectivity index (χ1n) is 7.15. The van der Waals surface area contributed by atoms with Gasteiger partial charge in [0.2, 0.25) is 0 Å². The van der Waals surface area contributed by atoms with E-state index in [4.69, 9.17) is 4.74 Å². The van der Waals surface area contributed by atoms with Gasteiger partial charge in [-0.15, -0.1) is 0 Å². The van der Waals surface area contributed by atoms with E-state index < -0.39 is 4.92 Å². The van der Waals surface area contributed by atoms with E-state index in [2.05, 4.69) is 26.1 Å². The number of anilines is 1.